The van der Waals surface area contributed by atoms with E-state index >= 15 is 0 Å². The molecule has 3 aromatic rings. The summed E-state index contributed by atoms with van der Waals surface area (Å²) in [6.07, 6.45) is 1.47. The molecule has 1 fully saturated rings. The van der Waals surface area contributed by atoms with E-state index in [-0.39, 0.29) is 17.2 Å². The number of carbonyl (C=O) groups is 2. The van der Waals surface area contributed by atoms with E-state index in [0.717, 1.165) is 5.75 Å². The van der Waals surface area contributed by atoms with Crippen molar-refractivity contribution in [1.82, 2.24) is 5.43 Å². The number of para-hydroxylation sites is 1. The molecule has 3 aromatic carbocycles. The fourth-order valence-electron chi connectivity index (χ4n) is 3.77. The third-order valence-corrected chi connectivity index (χ3v) is 6.20. The largest absolute Gasteiger partial charge is 0.493 e. The molecule has 198 valence electrons. The molecule has 1 N–H and O–H groups in total. The van der Waals surface area contributed by atoms with Crippen LogP contribution in [0, 0.1) is 13.8 Å². The van der Waals surface area contributed by atoms with Crippen LogP contribution in [0.15, 0.2) is 66.2 Å². The number of rotatable bonds is 11. The number of benzene rings is 3. The smallest absolute Gasteiger partial charge is 0.282 e. The van der Waals surface area contributed by atoms with Gasteiger partial charge in [0.05, 0.1) is 31.0 Å². The van der Waals surface area contributed by atoms with Crippen LogP contribution in [-0.4, -0.2) is 45.4 Å². The van der Waals surface area contributed by atoms with Gasteiger partial charge in [0, 0.05) is 0 Å². The van der Waals surface area contributed by atoms with E-state index in [9.17, 15) is 9.59 Å². The summed E-state index contributed by atoms with van der Waals surface area (Å²) in [6.45, 7) is 5.50. The maximum atomic E-state index is 12.8. The van der Waals surface area contributed by atoms with E-state index in [1.807, 2.05) is 31.2 Å². The highest BCUT2D eigenvalue weighted by atomic mass is 35.5. The number of carbonyl (C=O) groups excluding carboxylic acids is 2. The standard InChI is InChI=1S/C29H29ClN2O6/c1-19-9-10-23(15-20(19)2)37-13-11-36-12-14-38-27-25(30)17-21(18-26(27)35-3)16-24-28(33)31-32(29(24)34)22-7-5-4-6-8-22/h4-10,15-18H,11-14H2,1-3H3,(H,31,33)/b24-16+. The first-order valence-electron chi connectivity index (χ1n) is 12.1. The Bertz CT molecular complexity index is 1340. The van der Waals surface area contributed by atoms with Gasteiger partial charge in [-0.1, -0.05) is 35.9 Å². The van der Waals surface area contributed by atoms with Crippen LogP contribution in [-0.2, 0) is 14.3 Å². The molecule has 0 spiro atoms. The van der Waals surface area contributed by atoms with Gasteiger partial charge < -0.3 is 18.9 Å². The topological polar surface area (TPSA) is 86.3 Å². The summed E-state index contributed by atoms with van der Waals surface area (Å²) in [6, 6.07) is 18.1. The number of hydrazine groups is 1. The third kappa shape index (κ3) is 6.45. The van der Waals surface area contributed by atoms with Crippen LogP contribution in [0.1, 0.15) is 16.7 Å². The summed E-state index contributed by atoms with van der Waals surface area (Å²) in [5.74, 6) is 0.555. The molecule has 9 heteroatoms. The first kappa shape index (κ1) is 27.0. The van der Waals surface area contributed by atoms with Gasteiger partial charge in [-0.2, -0.15) is 0 Å². The van der Waals surface area contributed by atoms with Crippen LogP contribution in [0.3, 0.4) is 0 Å². The monoisotopic (exact) mass is 536 g/mol. The van der Waals surface area contributed by atoms with Crippen molar-refractivity contribution in [3.05, 3.63) is 87.9 Å². The molecule has 4 rings (SSSR count). The molecule has 1 aliphatic heterocycles. The second-order valence-electron chi connectivity index (χ2n) is 8.56. The summed E-state index contributed by atoms with van der Waals surface area (Å²) in [5, 5.41) is 1.48. The molecule has 1 saturated heterocycles. The number of nitrogens with zero attached hydrogens (tertiary/aromatic N) is 1. The number of methoxy groups -OCH3 is 1. The quantitative estimate of drug-likeness (QED) is 0.213. The number of hydrogen-bond donors (Lipinski definition) is 1. The fourth-order valence-corrected chi connectivity index (χ4v) is 4.05. The Balaban J connectivity index is 1.32. The van der Waals surface area contributed by atoms with Crippen molar-refractivity contribution in [2.24, 2.45) is 0 Å². The summed E-state index contributed by atoms with van der Waals surface area (Å²) < 4.78 is 22.5. The normalized spacial score (nSPS) is 14.1. The molecular weight excluding hydrogens is 508 g/mol. The lowest BCUT2D eigenvalue weighted by atomic mass is 10.1. The maximum Gasteiger partial charge on any atom is 0.282 e. The van der Waals surface area contributed by atoms with Gasteiger partial charge in [-0.3, -0.25) is 15.0 Å². The van der Waals surface area contributed by atoms with Gasteiger partial charge in [-0.15, -0.1) is 0 Å². The first-order chi connectivity index (χ1) is 18.4. The second-order valence-corrected chi connectivity index (χ2v) is 8.97. The van der Waals surface area contributed by atoms with E-state index in [1.54, 1.807) is 36.4 Å². The Morgan fingerprint density at radius 1 is 0.895 bits per heavy atom. The van der Waals surface area contributed by atoms with Gasteiger partial charge >= 0.3 is 0 Å². The number of amides is 2. The van der Waals surface area contributed by atoms with Gasteiger partial charge in [-0.05, 0) is 73.0 Å². The second kappa shape index (κ2) is 12.5. The van der Waals surface area contributed by atoms with Gasteiger partial charge in [0.1, 0.15) is 24.5 Å². The molecule has 0 radical (unpaired) electrons. The number of hydrogen-bond acceptors (Lipinski definition) is 6. The lowest BCUT2D eigenvalue weighted by molar-refractivity contribution is -0.117. The highest BCUT2D eigenvalue weighted by Crippen LogP contribution is 2.37. The zero-order valence-corrected chi connectivity index (χ0v) is 22.2. The van der Waals surface area contributed by atoms with Gasteiger partial charge in [0.2, 0.25) is 0 Å². The molecule has 8 nitrogen and oxygen atoms in total. The van der Waals surface area contributed by atoms with Gasteiger partial charge in [-0.25, -0.2) is 5.01 Å². The van der Waals surface area contributed by atoms with Crippen LogP contribution >= 0.6 is 11.6 Å². The number of anilines is 1. The molecule has 0 aliphatic carbocycles. The third-order valence-electron chi connectivity index (χ3n) is 5.92. The summed E-state index contributed by atoms with van der Waals surface area (Å²) in [5.41, 5.74) is 6.04. The van der Waals surface area contributed by atoms with Crippen LogP contribution < -0.4 is 24.6 Å². The van der Waals surface area contributed by atoms with Gasteiger partial charge in [0.25, 0.3) is 11.8 Å². The molecule has 38 heavy (non-hydrogen) atoms. The Labute approximate surface area is 226 Å². The van der Waals surface area contributed by atoms with E-state index in [4.69, 9.17) is 30.5 Å². The van der Waals surface area contributed by atoms with Crippen molar-refractivity contribution in [3.63, 3.8) is 0 Å². The average Bonchev–Trinajstić information content (AvgIpc) is 3.19. The molecule has 0 bridgehead atoms. The summed E-state index contributed by atoms with van der Waals surface area (Å²) in [7, 11) is 1.49. The predicted octanol–water partition coefficient (Wildman–Crippen LogP) is 4.90. The predicted molar refractivity (Wildman–Crippen MR) is 146 cm³/mol. The zero-order valence-electron chi connectivity index (χ0n) is 21.5. The zero-order chi connectivity index (χ0) is 27.1. The van der Waals surface area contributed by atoms with E-state index in [0.29, 0.717) is 42.6 Å². The van der Waals surface area contributed by atoms with Crippen LogP contribution in [0.4, 0.5) is 5.69 Å². The Morgan fingerprint density at radius 2 is 1.63 bits per heavy atom. The van der Waals surface area contributed by atoms with Crippen molar-refractivity contribution in [3.8, 4) is 17.2 Å². The number of halogens is 1. The number of ether oxygens (including phenoxy) is 4. The van der Waals surface area contributed by atoms with Crippen molar-refractivity contribution in [2.75, 3.05) is 38.5 Å². The average molecular weight is 537 g/mol. The number of nitrogens with one attached hydrogen (secondary N) is 1. The minimum absolute atomic E-state index is 0.0166. The molecule has 0 unspecified atom stereocenters. The minimum Gasteiger partial charge on any atom is -0.493 e. The molecule has 1 aliphatic rings. The highest BCUT2D eigenvalue weighted by Gasteiger charge is 2.34. The van der Waals surface area contributed by atoms with Crippen molar-refractivity contribution in [1.29, 1.82) is 0 Å². The van der Waals surface area contributed by atoms with Crippen molar-refractivity contribution < 1.29 is 28.5 Å². The minimum atomic E-state index is -0.507. The lowest BCUT2D eigenvalue weighted by Crippen LogP contribution is -2.35. The van der Waals surface area contributed by atoms with E-state index < -0.39 is 11.8 Å². The molecule has 1 heterocycles. The highest BCUT2D eigenvalue weighted by molar-refractivity contribution is 6.33. The van der Waals surface area contributed by atoms with Crippen LogP contribution in [0.2, 0.25) is 5.02 Å². The van der Waals surface area contributed by atoms with Crippen LogP contribution in [0.25, 0.3) is 6.08 Å². The summed E-state index contributed by atoms with van der Waals surface area (Å²) >= 11 is 6.46. The fraction of sp³-hybridized carbons (Fsp3) is 0.241. The molecular formula is C29H29ClN2O6. The molecule has 2 amide bonds. The Hall–Kier alpha value is -4.01. The summed E-state index contributed by atoms with van der Waals surface area (Å²) in [4.78, 5) is 25.3. The van der Waals surface area contributed by atoms with Gasteiger partial charge in [0.15, 0.2) is 11.5 Å². The van der Waals surface area contributed by atoms with E-state index in [1.165, 1.54) is 29.3 Å². The van der Waals surface area contributed by atoms with E-state index in [2.05, 4.69) is 12.3 Å². The maximum absolute atomic E-state index is 12.8. The first-order valence-corrected chi connectivity index (χ1v) is 12.5. The van der Waals surface area contributed by atoms with Crippen molar-refractivity contribution >= 4 is 35.2 Å². The molecule has 0 saturated carbocycles. The van der Waals surface area contributed by atoms with Crippen molar-refractivity contribution in [2.45, 2.75) is 13.8 Å². The van der Waals surface area contributed by atoms with Crippen LogP contribution in [0.5, 0.6) is 17.2 Å². The SMILES string of the molecule is COc1cc(/C=C2\C(=O)NN(c3ccccc3)C2=O)cc(Cl)c1OCCOCCOc1ccc(C)c(C)c1. The Kier molecular flexibility index (Phi) is 8.89. The number of aryl methyl sites for hydroxylation is 2. The lowest BCUT2D eigenvalue weighted by Gasteiger charge is -2.14. The Morgan fingerprint density at radius 3 is 2.34 bits per heavy atom. The molecule has 0 atom stereocenters. The molecule has 0 aromatic heterocycles.